The number of carboxylic acid groups (broad SMARTS) is 2. The Labute approximate surface area is 339 Å². The molecular formula is C36H66N4O10S4. The van der Waals surface area contributed by atoms with Gasteiger partial charge in [-0.05, 0) is 82.1 Å². The van der Waals surface area contributed by atoms with Crippen molar-refractivity contribution in [3.8, 4) is 0 Å². The highest BCUT2D eigenvalue weighted by atomic mass is 32.2. The number of rotatable bonds is 8. The van der Waals surface area contributed by atoms with Gasteiger partial charge in [0.1, 0.15) is 4.75 Å². The molecule has 4 amide bonds. The quantitative estimate of drug-likeness (QED) is 0.262. The number of hydrogen-bond donors (Lipinski definition) is 4. The van der Waals surface area contributed by atoms with Crippen molar-refractivity contribution in [2.75, 3.05) is 41.4 Å². The van der Waals surface area contributed by atoms with Gasteiger partial charge in [0.05, 0.1) is 47.6 Å². The minimum atomic E-state index is -0.931. The predicted octanol–water partition coefficient (Wildman–Crippen LogP) is 4.71. The van der Waals surface area contributed by atoms with Crippen molar-refractivity contribution < 1.29 is 49.2 Å². The number of aliphatic hydroxyl groups excluding tert-OH is 2. The lowest BCUT2D eigenvalue weighted by atomic mass is 10.1. The molecule has 54 heavy (non-hydrogen) atoms. The van der Waals surface area contributed by atoms with Crippen LogP contribution in [0.5, 0.6) is 0 Å². The zero-order valence-corrected chi connectivity index (χ0v) is 38.3. The Morgan fingerprint density at radius 3 is 1.20 bits per heavy atom. The minimum absolute atomic E-state index is 0.0463. The molecule has 4 N–H and O–H groups in total. The fraction of sp³-hybridized carbons (Fsp3) is 0.833. The van der Waals surface area contributed by atoms with E-state index < -0.39 is 26.7 Å². The zero-order chi connectivity index (χ0) is 43.0. The van der Waals surface area contributed by atoms with Crippen LogP contribution in [0, 0.1) is 0 Å². The van der Waals surface area contributed by atoms with Crippen LogP contribution in [0.2, 0.25) is 0 Å². The van der Waals surface area contributed by atoms with Crippen LogP contribution in [-0.4, -0.2) is 156 Å². The van der Waals surface area contributed by atoms with Crippen molar-refractivity contribution in [1.82, 2.24) is 19.6 Å². The highest BCUT2D eigenvalue weighted by molar-refractivity contribution is 8.03. The second kappa shape index (κ2) is 20.0. The van der Waals surface area contributed by atoms with Crippen LogP contribution in [0.15, 0.2) is 0 Å². The third kappa shape index (κ3) is 13.1. The maximum absolute atomic E-state index is 11.8. The van der Waals surface area contributed by atoms with Crippen LogP contribution in [0.3, 0.4) is 0 Å². The van der Waals surface area contributed by atoms with Gasteiger partial charge in [0, 0.05) is 41.4 Å². The second-order valence-corrected chi connectivity index (χ2v) is 23.2. The van der Waals surface area contributed by atoms with E-state index in [0.29, 0.717) is 12.8 Å². The molecule has 0 aromatic heterocycles. The number of aliphatic hydroxyl groups is 2. The van der Waals surface area contributed by atoms with E-state index in [-0.39, 0.29) is 74.4 Å². The Morgan fingerprint density at radius 2 is 0.944 bits per heavy atom. The minimum Gasteiger partial charge on any atom is -0.481 e. The molecule has 4 saturated heterocycles. The molecule has 0 aromatic carbocycles. The van der Waals surface area contributed by atoms with E-state index in [1.165, 1.54) is 23.5 Å². The van der Waals surface area contributed by atoms with Gasteiger partial charge >= 0.3 is 11.9 Å². The molecule has 4 aliphatic heterocycles. The summed E-state index contributed by atoms with van der Waals surface area (Å²) in [5, 5.41) is 34.4. The highest BCUT2D eigenvalue weighted by Gasteiger charge is 2.53. The molecule has 4 fully saturated rings. The Kier molecular flexibility index (Phi) is 19.3. The summed E-state index contributed by atoms with van der Waals surface area (Å²) >= 11 is 6.07. The second-order valence-electron chi connectivity index (χ2n) is 15.3. The summed E-state index contributed by atoms with van der Waals surface area (Å²) in [5.41, 5.74) is 0. The molecule has 0 bridgehead atoms. The summed E-state index contributed by atoms with van der Waals surface area (Å²) in [6.07, 6.45) is 0.892. The van der Waals surface area contributed by atoms with E-state index in [9.17, 15) is 28.8 Å². The van der Waals surface area contributed by atoms with Gasteiger partial charge in [0.15, 0.2) is 0 Å². The van der Waals surface area contributed by atoms with E-state index >= 15 is 0 Å². The Hall–Kier alpha value is -1.86. The first-order valence-electron chi connectivity index (χ1n) is 17.9. The van der Waals surface area contributed by atoms with Crippen LogP contribution < -0.4 is 0 Å². The smallest absolute Gasteiger partial charge is 0.305 e. The number of nitrogens with zero attached hydrogens (tertiary/aromatic N) is 4. The Balaban J connectivity index is 0.000000683. The number of carbonyl (C=O) groups is 6. The first-order chi connectivity index (χ1) is 24.4. The first kappa shape index (κ1) is 52.1. The van der Waals surface area contributed by atoms with Crippen LogP contribution in [0.1, 0.15) is 109 Å². The van der Waals surface area contributed by atoms with Crippen LogP contribution >= 0.6 is 47.0 Å². The zero-order valence-electron chi connectivity index (χ0n) is 35.1. The van der Waals surface area contributed by atoms with Gasteiger partial charge < -0.3 is 40.0 Å². The molecule has 0 spiro atoms. The van der Waals surface area contributed by atoms with Gasteiger partial charge in [-0.1, -0.05) is 13.8 Å². The van der Waals surface area contributed by atoms with E-state index in [0.717, 1.165) is 0 Å². The third-order valence-corrected chi connectivity index (χ3v) is 15.8. The van der Waals surface area contributed by atoms with E-state index in [4.69, 9.17) is 20.4 Å². The summed E-state index contributed by atoms with van der Waals surface area (Å²) in [7, 11) is 7.05. The summed E-state index contributed by atoms with van der Waals surface area (Å²) in [6, 6.07) is 0. The van der Waals surface area contributed by atoms with Crippen molar-refractivity contribution in [2.24, 2.45) is 0 Å². The highest BCUT2D eigenvalue weighted by Crippen LogP contribution is 2.49. The van der Waals surface area contributed by atoms with Gasteiger partial charge in [0.2, 0.25) is 23.6 Å². The van der Waals surface area contributed by atoms with Crippen molar-refractivity contribution in [1.29, 1.82) is 0 Å². The van der Waals surface area contributed by atoms with Crippen LogP contribution in [0.4, 0.5) is 0 Å². The monoisotopic (exact) mass is 842 g/mol. The number of hydrogen-bond acceptors (Lipinski definition) is 12. The fourth-order valence-corrected chi connectivity index (χ4v) is 12.1. The molecule has 4 atom stereocenters. The number of aliphatic carboxylic acids is 2. The SMILES string of the molecule is CC.CN1C(=O)C(C)(CC(=O)O)SC1(C)C.CN1C(=O)C(C)(CCO)SC1(C)C.CN1C(=O)C(CC(=O)O)SC1(C)C.CN1C(=O)C(CCO)SC1(C)C. The molecular weight excluding hydrogens is 777 g/mol. The number of carboxylic acids is 2. The summed E-state index contributed by atoms with van der Waals surface area (Å²) in [4.78, 5) is 73.6. The molecule has 4 unspecified atom stereocenters. The van der Waals surface area contributed by atoms with E-state index in [2.05, 4.69) is 0 Å². The average Bonchev–Trinajstić information content (AvgIpc) is 3.49. The molecule has 4 heterocycles. The molecule has 314 valence electrons. The molecule has 0 saturated carbocycles. The standard InChI is InChI=1S/C9H15NO3S.C9H17NO2S.C8H13NO3S.C8H15NO2S.C2H6/c1-8(2)10(4)7(13)9(3,14-8)5-6(11)12;1-8(2)10(4)7(12)9(3,13-8)5-6-11;1-8(2)9(3)7(12)5(13-8)4-6(10)11;1-8(2)9(3)7(11)6(12-8)4-5-10;1-2/h5H2,1-4H3,(H,11,12);11H,5-6H2,1-4H3;5H,4H2,1-3H3,(H,10,11);6,10H,4-5H2,1-3H3;1-2H3. The van der Waals surface area contributed by atoms with Gasteiger partial charge in [-0.2, -0.15) is 0 Å². The van der Waals surface area contributed by atoms with Gasteiger partial charge in [-0.25, -0.2) is 0 Å². The number of carbonyl (C=O) groups excluding carboxylic acids is 4. The van der Waals surface area contributed by atoms with Gasteiger partial charge in [-0.3, -0.25) is 28.8 Å². The Bertz CT molecular complexity index is 1360. The van der Waals surface area contributed by atoms with Crippen molar-refractivity contribution in [3.63, 3.8) is 0 Å². The maximum atomic E-state index is 11.8. The first-order valence-corrected chi connectivity index (χ1v) is 21.3. The van der Waals surface area contributed by atoms with E-state index in [1.54, 1.807) is 64.1 Å². The lowest BCUT2D eigenvalue weighted by Gasteiger charge is -2.25. The van der Waals surface area contributed by atoms with Gasteiger partial charge in [-0.15, -0.1) is 47.0 Å². The van der Waals surface area contributed by atoms with E-state index in [1.807, 2.05) is 90.3 Å². The van der Waals surface area contributed by atoms with Crippen molar-refractivity contribution in [3.05, 3.63) is 0 Å². The predicted molar refractivity (Wildman–Crippen MR) is 221 cm³/mol. The summed E-state index contributed by atoms with van der Waals surface area (Å²) in [5.74, 6) is -1.78. The average molecular weight is 843 g/mol. The summed E-state index contributed by atoms with van der Waals surface area (Å²) < 4.78 is -1.25. The van der Waals surface area contributed by atoms with Crippen LogP contribution in [-0.2, 0) is 28.8 Å². The Morgan fingerprint density at radius 1 is 0.574 bits per heavy atom. The molecule has 4 aliphatic rings. The summed E-state index contributed by atoms with van der Waals surface area (Å²) in [6.45, 7) is 23.5. The fourth-order valence-electron chi connectivity index (χ4n) is 5.80. The lowest BCUT2D eigenvalue weighted by Crippen LogP contribution is -2.40. The molecule has 14 nitrogen and oxygen atoms in total. The normalized spacial score (nSPS) is 28.6. The maximum Gasteiger partial charge on any atom is 0.305 e. The van der Waals surface area contributed by atoms with Crippen molar-refractivity contribution >= 4 is 82.6 Å². The lowest BCUT2D eigenvalue weighted by molar-refractivity contribution is -0.142. The van der Waals surface area contributed by atoms with Gasteiger partial charge in [0.25, 0.3) is 0 Å². The third-order valence-electron chi connectivity index (χ3n) is 9.60. The molecule has 0 aliphatic carbocycles. The molecule has 18 heteroatoms. The molecule has 4 rings (SSSR count). The van der Waals surface area contributed by atoms with Crippen molar-refractivity contribution in [2.45, 2.75) is 148 Å². The topological polar surface area (TPSA) is 196 Å². The molecule has 0 radical (unpaired) electrons. The van der Waals surface area contributed by atoms with Crippen LogP contribution in [0.25, 0.3) is 0 Å². The number of amides is 4. The molecule has 0 aromatic rings. The number of thioether (sulfide) groups is 4. The largest absolute Gasteiger partial charge is 0.481 e.